The van der Waals surface area contributed by atoms with Gasteiger partial charge in [-0.15, -0.1) is 0 Å². The number of hydrogen-bond acceptors (Lipinski definition) is 3. The van der Waals surface area contributed by atoms with Crippen molar-refractivity contribution >= 4 is 22.6 Å². The molecule has 0 radical (unpaired) electrons. The molecule has 1 heterocycles. The molecule has 1 rings (SSSR count). The average Bonchev–Trinajstić information content (AvgIpc) is 2.27. The quantitative estimate of drug-likeness (QED) is 0.831. The second-order valence-electron chi connectivity index (χ2n) is 3.69. The van der Waals surface area contributed by atoms with E-state index in [9.17, 15) is 4.79 Å². The van der Waals surface area contributed by atoms with E-state index in [0.29, 0.717) is 3.57 Å². The Morgan fingerprint density at radius 2 is 2.00 bits per heavy atom. The zero-order valence-electron chi connectivity index (χ0n) is 10.0. The highest BCUT2D eigenvalue weighted by Gasteiger charge is 2.06. The molecule has 0 amide bonds. The molecule has 0 saturated heterocycles. The van der Waals surface area contributed by atoms with Gasteiger partial charge in [-0.05, 0) is 42.6 Å². The number of likely N-dealkylation sites (N-methyl/N-ethyl adjacent to an activating group) is 1. The Morgan fingerprint density at radius 1 is 1.38 bits per heavy atom. The van der Waals surface area contributed by atoms with Gasteiger partial charge in [-0.25, -0.2) is 4.98 Å². The van der Waals surface area contributed by atoms with Crippen LogP contribution in [-0.2, 0) is 6.42 Å². The molecule has 16 heavy (non-hydrogen) atoms. The zero-order chi connectivity index (χ0) is 12.1. The maximum atomic E-state index is 11.5. The van der Waals surface area contributed by atoms with Crippen molar-refractivity contribution in [2.45, 2.75) is 27.2 Å². The molecule has 4 nitrogen and oxygen atoms in total. The van der Waals surface area contributed by atoms with Gasteiger partial charge in [0.1, 0.15) is 5.82 Å². The largest absolute Gasteiger partial charge is 0.310 e. The number of nitrogens with one attached hydrogen (secondary N) is 1. The minimum Gasteiger partial charge on any atom is -0.310 e. The molecule has 0 bridgehead atoms. The third-order valence-corrected chi connectivity index (χ3v) is 3.91. The Hall–Kier alpha value is -0.430. The lowest BCUT2D eigenvalue weighted by molar-refractivity contribution is 0.305. The fourth-order valence-corrected chi connectivity index (χ4v) is 1.81. The van der Waals surface area contributed by atoms with Gasteiger partial charge in [0, 0.05) is 13.0 Å². The van der Waals surface area contributed by atoms with Crippen molar-refractivity contribution in [3.63, 3.8) is 0 Å². The number of halogens is 1. The van der Waals surface area contributed by atoms with Gasteiger partial charge in [0.15, 0.2) is 0 Å². The Bertz CT molecular complexity index is 399. The van der Waals surface area contributed by atoms with Crippen LogP contribution in [0.3, 0.4) is 0 Å². The molecule has 0 aliphatic rings. The Balaban J connectivity index is 2.72. The van der Waals surface area contributed by atoms with Crippen molar-refractivity contribution in [3.05, 3.63) is 25.4 Å². The van der Waals surface area contributed by atoms with Gasteiger partial charge in [0.2, 0.25) is 0 Å². The number of aromatic amines is 1. The van der Waals surface area contributed by atoms with Gasteiger partial charge in [0.25, 0.3) is 5.56 Å². The fourth-order valence-electron chi connectivity index (χ4n) is 1.55. The summed E-state index contributed by atoms with van der Waals surface area (Å²) in [5.74, 6) is 0.787. The molecule has 0 unspecified atom stereocenters. The van der Waals surface area contributed by atoms with Crippen LogP contribution in [0.1, 0.15) is 25.4 Å². The third-order valence-electron chi connectivity index (χ3n) is 2.64. The van der Waals surface area contributed by atoms with Crippen molar-refractivity contribution in [2.24, 2.45) is 0 Å². The highest BCUT2D eigenvalue weighted by Crippen LogP contribution is 2.03. The minimum absolute atomic E-state index is 0.0253. The van der Waals surface area contributed by atoms with E-state index in [1.807, 2.05) is 29.5 Å². The highest BCUT2D eigenvalue weighted by atomic mass is 127. The number of rotatable bonds is 5. The minimum atomic E-state index is -0.0253. The van der Waals surface area contributed by atoms with E-state index in [4.69, 9.17) is 0 Å². The van der Waals surface area contributed by atoms with Gasteiger partial charge >= 0.3 is 0 Å². The number of H-pyrrole nitrogens is 1. The van der Waals surface area contributed by atoms with Gasteiger partial charge in [0.05, 0.1) is 9.26 Å². The lowest BCUT2D eigenvalue weighted by atomic mass is 10.3. The van der Waals surface area contributed by atoms with E-state index in [0.717, 1.165) is 37.6 Å². The molecular formula is C11H18IN3O. The van der Waals surface area contributed by atoms with E-state index in [2.05, 4.69) is 28.7 Å². The van der Waals surface area contributed by atoms with Crippen molar-refractivity contribution in [1.29, 1.82) is 0 Å². The van der Waals surface area contributed by atoms with Crippen LogP contribution >= 0.6 is 22.6 Å². The predicted molar refractivity (Wildman–Crippen MR) is 73.8 cm³/mol. The molecular weight excluding hydrogens is 317 g/mol. The van der Waals surface area contributed by atoms with E-state index < -0.39 is 0 Å². The van der Waals surface area contributed by atoms with Crippen molar-refractivity contribution in [3.8, 4) is 0 Å². The summed E-state index contributed by atoms with van der Waals surface area (Å²) in [6, 6.07) is 0. The van der Waals surface area contributed by atoms with Crippen LogP contribution in [0, 0.1) is 10.5 Å². The molecule has 0 spiro atoms. The molecule has 0 saturated carbocycles. The van der Waals surface area contributed by atoms with Crippen LogP contribution in [0.25, 0.3) is 0 Å². The molecule has 0 atom stereocenters. The first kappa shape index (κ1) is 13.6. The SMILES string of the molecule is CCN(CC)CCc1nc(C)c(I)c(=O)[nH]1. The van der Waals surface area contributed by atoms with E-state index in [1.165, 1.54) is 0 Å². The van der Waals surface area contributed by atoms with Crippen molar-refractivity contribution < 1.29 is 0 Å². The number of aromatic nitrogens is 2. The van der Waals surface area contributed by atoms with Crippen LogP contribution in [0.4, 0.5) is 0 Å². The lowest BCUT2D eigenvalue weighted by Crippen LogP contribution is -2.27. The summed E-state index contributed by atoms with van der Waals surface area (Å²) in [5, 5.41) is 0. The molecule has 0 aromatic carbocycles. The smallest absolute Gasteiger partial charge is 0.264 e. The van der Waals surface area contributed by atoms with Crippen LogP contribution in [0.2, 0.25) is 0 Å². The van der Waals surface area contributed by atoms with E-state index >= 15 is 0 Å². The summed E-state index contributed by atoms with van der Waals surface area (Å²) in [6.07, 6.45) is 0.800. The Morgan fingerprint density at radius 3 is 2.50 bits per heavy atom. The van der Waals surface area contributed by atoms with E-state index in [-0.39, 0.29) is 5.56 Å². The molecule has 0 aliphatic heterocycles. The Kier molecular flexibility index (Phi) is 5.40. The first-order valence-electron chi connectivity index (χ1n) is 5.56. The van der Waals surface area contributed by atoms with Crippen LogP contribution in [-0.4, -0.2) is 34.5 Å². The summed E-state index contributed by atoms with van der Waals surface area (Å²) in [6.45, 7) is 9.15. The lowest BCUT2D eigenvalue weighted by Gasteiger charge is -2.17. The maximum Gasteiger partial charge on any atom is 0.264 e. The predicted octanol–water partition coefficient (Wildman–Crippen LogP) is 1.57. The summed E-state index contributed by atoms with van der Waals surface area (Å²) in [4.78, 5) is 21.0. The van der Waals surface area contributed by atoms with Gasteiger partial charge < -0.3 is 9.88 Å². The molecule has 90 valence electrons. The monoisotopic (exact) mass is 335 g/mol. The number of nitrogens with zero attached hydrogens (tertiary/aromatic N) is 2. The number of aryl methyl sites for hydroxylation is 1. The maximum absolute atomic E-state index is 11.5. The van der Waals surface area contributed by atoms with Gasteiger partial charge in [-0.1, -0.05) is 13.8 Å². The molecule has 5 heteroatoms. The van der Waals surface area contributed by atoms with Crippen LogP contribution in [0.5, 0.6) is 0 Å². The van der Waals surface area contributed by atoms with Gasteiger partial charge in [-0.3, -0.25) is 4.79 Å². The summed E-state index contributed by atoms with van der Waals surface area (Å²) in [7, 11) is 0. The topological polar surface area (TPSA) is 49.0 Å². The second-order valence-corrected chi connectivity index (χ2v) is 4.77. The molecule has 1 aromatic heterocycles. The van der Waals surface area contributed by atoms with E-state index in [1.54, 1.807) is 0 Å². The standard InChI is InChI=1S/C11H18IN3O/c1-4-15(5-2)7-6-9-13-8(3)10(12)11(16)14-9/h4-7H2,1-3H3,(H,13,14,16). The van der Waals surface area contributed by atoms with Crippen LogP contribution < -0.4 is 5.56 Å². The normalized spacial score (nSPS) is 11.1. The average molecular weight is 335 g/mol. The number of hydrogen-bond donors (Lipinski definition) is 1. The van der Waals surface area contributed by atoms with Crippen LogP contribution in [0.15, 0.2) is 4.79 Å². The third kappa shape index (κ3) is 3.55. The molecule has 0 fully saturated rings. The summed E-state index contributed by atoms with van der Waals surface area (Å²) < 4.78 is 0.684. The molecule has 1 aromatic rings. The first-order valence-corrected chi connectivity index (χ1v) is 6.64. The Labute approximate surface area is 110 Å². The molecule has 1 N–H and O–H groups in total. The second kappa shape index (κ2) is 6.34. The van der Waals surface area contributed by atoms with Crippen molar-refractivity contribution in [2.75, 3.05) is 19.6 Å². The summed E-state index contributed by atoms with van der Waals surface area (Å²) in [5.41, 5.74) is 0.793. The fraction of sp³-hybridized carbons (Fsp3) is 0.636. The van der Waals surface area contributed by atoms with Crippen molar-refractivity contribution in [1.82, 2.24) is 14.9 Å². The van der Waals surface area contributed by atoms with Gasteiger partial charge in [-0.2, -0.15) is 0 Å². The highest BCUT2D eigenvalue weighted by molar-refractivity contribution is 14.1. The zero-order valence-corrected chi connectivity index (χ0v) is 12.2. The molecule has 0 aliphatic carbocycles. The first-order chi connectivity index (χ1) is 7.58. The summed E-state index contributed by atoms with van der Waals surface area (Å²) >= 11 is 2.03.